The van der Waals surface area contributed by atoms with Crippen LogP contribution in [0.1, 0.15) is 189 Å². The van der Waals surface area contributed by atoms with Crippen molar-refractivity contribution in [3.05, 3.63) is 0 Å². The fraction of sp³-hybridized carbons (Fsp3) is 0.966. The maximum atomic E-state index is 14.2. The number of fused-ring (bicyclic) bond motifs is 2. The van der Waals surface area contributed by atoms with Crippen molar-refractivity contribution in [3.8, 4) is 0 Å². The number of hydrogen-bond acceptors (Lipinski definition) is 24. The highest BCUT2D eigenvalue weighted by Gasteiger charge is 2.58. The molecule has 0 aromatic heterocycles. The summed E-state index contributed by atoms with van der Waals surface area (Å²) in [5.74, 6) is -1.47. The number of aliphatic hydroxyl groups is 10. The van der Waals surface area contributed by atoms with Gasteiger partial charge in [0, 0.05) is 12.8 Å². The Morgan fingerprint density at radius 1 is 0.463 bits per heavy atom. The van der Waals surface area contributed by atoms with Crippen LogP contribution in [0.3, 0.4) is 0 Å². The Morgan fingerprint density at radius 3 is 1.65 bits per heavy atom. The molecular formula is C58H102O24. The molecular weight excluding hydrogens is 1080 g/mol. The molecule has 6 aliphatic rings. The molecule has 82 heavy (non-hydrogen) atoms. The van der Waals surface area contributed by atoms with Gasteiger partial charge in [-0.2, -0.15) is 0 Å². The van der Waals surface area contributed by atoms with Crippen LogP contribution in [-0.4, -0.2) is 229 Å². The highest BCUT2D eigenvalue weighted by molar-refractivity contribution is 5.70. The van der Waals surface area contributed by atoms with E-state index in [9.17, 15) is 60.7 Å². The number of esters is 2. The highest BCUT2D eigenvalue weighted by atomic mass is 16.8. The van der Waals surface area contributed by atoms with Gasteiger partial charge in [-0.1, -0.05) is 123 Å². The van der Waals surface area contributed by atoms with Crippen molar-refractivity contribution < 1.29 is 117 Å². The fourth-order valence-electron chi connectivity index (χ4n) is 11.8. The largest absolute Gasteiger partial charge is 0.454 e. The molecule has 0 bridgehead atoms. The van der Waals surface area contributed by atoms with Crippen molar-refractivity contribution in [1.29, 1.82) is 0 Å². The summed E-state index contributed by atoms with van der Waals surface area (Å²) in [6.07, 6.45) is -20.9. The van der Waals surface area contributed by atoms with E-state index in [0.29, 0.717) is 25.7 Å². The summed E-state index contributed by atoms with van der Waals surface area (Å²) in [4.78, 5) is 28.0. The van der Waals surface area contributed by atoms with Gasteiger partial charge in [-0.25, -0.2) is 0 Å². The van der Waals surface area contributed by atoms with Crippen LogP contribution in [0.15, 0.2) is 0 Å². The van der Waals surface area contributed by atoms with E-state index in [-0.39, 0.29) is 18.9 Å². The van der Waals surface area contributed by atoms with Crippen molar-refractivity contribution in [2.24, 2.45) is 0 Å². The van der Waals surface area contributed by atoms with Gasteiger partial charge in [0.15, 0.2) is 43.7 Å². The van der Waals surface area contributed by atoms with Gasteiger partial charge >= 0.3 is 11.9 Å². The Balaban J connectivity index is 1.34. The first-order chi connectivity index (χ1) is 39.3. The minimum Gasteiger partial charge on any atom is -0.454 e. The topological polar surface area (TPSA) is 347 Å². The number of carbonyl (C=O) groups excluding carboxylic acids is 2. The summed E-state index contributed by atoms with van der Waals surface area (Å²) < 4.78 is 75.6. The van der Waals surface area contributed by atoms with Gasteiger partial charge in [0.1, 0.15) is 85.5 Å². The monoisotopic (exact) mass is 1180 g/mol. The molecule has 24 nitrogen and oxygen atoms in total. The molecule has 1 unspecified atom stereocenters. The average molecular weight is 1180 g/mol. The molecule has 0 spiro atoms. The average Bonchev–Trinajstić information content (AvgIpc) is 3.61. The molecule has 26 atom stereocenters. The Kier molecular flexibility index (Phi) is 29.2. The van der Waals surface area contributed by atoms with Crippen LogP contribution in [0.25, 0.3) is 0 Å². The Bertz CT molecular complexity index is 1820. The molecule has 0 aromatic carbocycles. The standard InChI is InChI=1S/C58H102O24/c1-7-9-11-12-13-14-17-20-25-29-38(61)78-53-52(82-55-46(69)43(66)41(64)36(30-59)76-55)49(80-54-45(68)42(65)39(62)31(3)71-54)34(6)74-58(53)79-48-33(5)73-57-51(47(48)70)77-37(60)28-24-21-18-15-16-19-23-27-35(26-22-10-8-2)75-56-50(81-57)44(67)40(63)32(4)72-56/h31-36,39-59,62-70H,7-30H2,1-6H3/t31-,32+,33-,34-,35?,36+,39-,40-,41+,42+,43-,44-,45+,46+,47+,48-,49-,50+,51+,52+,53+,54-,55-,56-,57-,58-/m0/s1. The van der Waals surface area contributed by atoms with Gasteiger partial charge in [-0.15, -0.1) is 0 Å². The first-order valence-electron chi connectivity index (χ1n) is 31.0. The molecule has 0 aromatic rings. The SMILES string of the molecule is CCCCCCCCCCCC(=O)O[C@H]1[C@H](O[C@@H]2[C@@H](O)[C@H]3OC(=O)CCCCCCCCCC(CCCCC)O[C@@H]4O[C@H](C)[C@H](O)[C@H](O)[C@H]4O[C@@H]3O[C@H]2C)O[C@@H](C)[C@H](O[C@@H]2O[C@@H](C)[C@H](O)[C@@H](O)[C@H]2O)[C@H]1O[C@@H]1O[C@H](CO)[C@@H](O)[C@H](O)[C@H]1O. The third kappa shape index (κ3) is 19.1. The van der Waals surface area contributed by atoms with Crippen molar-refractivity contribution in [3.63, 3.8) is 0 Å². The third-order valence-corrected chi connectivity index (χ3v) is 17.0. The van der Waals surface area contributed by atoms with Crippen LogP contribution in [0.5, 0.6) is 0 Å². The van der Waals surface area contributed by atoms with Gasteiger partial charge in [0.25, 0.3) is 0 Å². The minimum absolute atomic E-state index is 0.0274. The second kappa shape index (κ2) is 34.6. The Morgan fingerprint density at radius 2 is 0.976 bits per heavy atom. The second-order valence-corrected chi connectivity index (χ2v) is 23.6. The Labute approximate surface area is 483 Å². The van der Waals surface area contributed by atoms with Crippen molar-refractivity contribution in [2.75, 3.05) is 6.61 Å². The summed E-state index contributed by atoms with van der Waals surface area (Å²) in [6.45, 7) is 9.49. The number of carbonyl (C=O) groups is 2. The molecule has 24 heteroatoms. The van der Waals surface area contributed by atoms with Crippen molar-refractivity contribution in [1.82, 2.24) is 0 Å². The molecule has 0 radical (unpaired) electrons. The first-order valence-corrected chi connectivity index (χ1v) is 31.0. The van der Waals surface area contributed by atoms with Crippen molar-refractivity contribution in [2.45, 2.75) is 349 Å². The lowest BCUT2D eigenvalue weighted by molar-refractivity contribution is -0.400. The van der Waals surface area contributed by atoms with Gasteiger partial charge in [0.2, 0.25) is 0 Å². The Hall–Kier alpha value is -1.86. The molecule has 0 amide bonds. The molecule has 10 N–H and O–H groups in total. The lowest BCUT2D eigenvalue weighted by atomic mass is 9.95. The van der Waals surface area contributed by atoms with Gasteiger partial charge < -0.3 is 108 Å². The van der Waals surface area contributed by atoms with Crippen LogP contribution in [0, 0.1) is 0 Å². The lowest BCUT2D eigenvalue weighted by Crippen LogP contribution is -2.68. The molecule has 6 fully saturated rings. The number of hydrogen-bond donors (Lipinski definition) is 10. The zero-order valence-corrected chi connectivity index (χ0v) is 49.2. The molecule has 478 valence electrons. The van der Waals surface area contributed by atoms with E-state index in [1.807, 2.05) is 0 Å². The molecule has 0 saturated carbocycles. The highest BCUT2D eigenvalue weighted by Crippen LogP contribution is 2.39. The van der Waals surface area contributed by atoms with Crippen LogP contribution < -0.4 is 0 Å². The predicted octanol–water partition coefficient (Wildman–Crippen LogP) is 2.71. The van der Waals surface area contributed by atoms with E-state index in [2.05, 4.69) is 13.8 Å². The van der Waals surface area contributed by atoms with Crippen LogP contribution in [0.2, 0.25) is 0 Å². The minimum atomic E-state index is -1.99. The van der Waals surface area contributed by atoms with Crippen LogP contribution in [-0.2, 0) is 66.4 Å². The maximum Gasteiger partial charge on any atom is 0.306 e. The quantitative estimate of drug-likeness (QED) is 0.0550. The van der Waals surface area contributed by atoms with E-state index in [4.69, 9.17) is 56.8 Å². The van der Waals surface area contributed by atoms with E-state index >= 15 is 0 Å². The summed E-state index contributed by atoms with van der Waals surface area (Å²) in [5.41, 5.74) is 0. The summed E-state index contributed by atoms with van der Waals surface area (Å²) in [6, 6.07) is 0. The molecule has 6 aliphatic heterocycles. The fourth-order valence-corrected chi connectivity index (χ4v) is 11.8. The molecule has 6 rings (SSSR count). The summed E-state index contributed by atoms with van der Waals surface area (Å²) in [5, 5.41) is 111. The maximum absolute atomic E-state index is 14.2. The lowest BCUT2D eigenvalue weighted by Gasteiger charge is -2.51. The van der Waals surface area contributed by atoms with Crippen LogP contribution >= 0.6 is 0 Å². The van der Waals surface area contributed by atoms with E-state index in [0.717, 1.165) is 103 Å². The second-order valence-electron chi connectivity index (χ2n) is 23.6. The zero-order chi connectivity index (χ0) is 59.6. The molecule has 6 heterocycles. The smallest absolute Gasteiger partial charge is 0.306 e. The van der Waals surface area contributed by atoms with E-state index in [1.54, 1.807) is 6.92 Å². The number of aliphatic hydroxyl groups excluding tert-OH is 10. The summed E-state index contributed by atoms with van der Waals surface area (Å²) >= 11 is 0. The third-order valence-electron chi connectivity index (χ3n) is 17.0. The molecule has 0 aliphatic carbocycles. The normalized spacial score (nSPS) is 43.1. The van der Waals surface area contributed by atoms with E-state index < -0.39 is 172 Å². The molecule has 6 saturated heterocycles. The van der Waals surface area contributed by atoms with Gasteiger partial charge in [0.05, 0.1) is 37.1 Å². The van der Waals surface area contributed by atoms with Crippen LogP contribution in [0.4, 0.5) is 0 Å². The van der Waals surface area contributed by atoms with Crippen molar-refractivity contribution >= 4 is 11.9 Å². The van der Waals surface area contributed by atoms with E-state index in [1.165, 1.54) is 27.2 Å². The number of rotatable bonds is 22. The summed E-state index contributed by atoms with van der Waals surface area (Å²) in [7, 11) is 0. The van der Waals surface area contributed by atoms with Gasteiger partial charge in [-0.3, -0.25) is 9.59 Å². The zero-order valence-electron chi connectivity index (χ0n) is 49.2. The first kappa shape index (κ1) is 69.2. The predicted molar refractivity (Wildman–Crippen MR) is 289 cm³/mol. The number of ether oxygens (including phenoxy) is 12. The van der Waals surface area contributed by atoms with Gasteiger partial charge in [-0.05, 0) is 53.4 Å². The number of unbranched alkanes of at least 4 members (excludes halogenated alkanes) is 10.